The van der Waals surface area contributed by atoms with Crippen molar-refractivity contribution in [3.05, 3.63) is 65.7 Å². The molecule has 0 aliphatic heterocycles. The monoisotopic (exact) mass is 1070 g/mol. The molecule has 24 nitrogen and oxygen atoms in total. The van der Waals surface area contributed by atoms with E-state index < -0.39 is 138 Å². The van der Waals surface area contributed by atoms with Crippen LogP contribution in [0.15, 0.2) is 54.6 Å². The summed E-state index contributed by atoms with van der Waals surface area (Å²) in [5.41, 5.74) is 12.8. The number of amides is 9. The standard InChI is InChI=1S/C50H76N10O14S/c1-25(2)22-36(56-48(71)40(28(6)61)59-45(68)35(20-21-75-8)54-43(66)33(51)23-31-14-16-32(63)17-15-31)46(69)55-34(18-19-38(52)64)44(67)53-27(5)42(65)58-39(26(3)4)47(70)60-41(29(7)62)49(72)57-37(50(73)74)24-30-12-10-9-11-13-30/h9-17,25-29,33-37,39-41,61-63H,18-24,51H2,1-8H3,(H2,52,64)(H,53,67)(H,54,66)(H,55,69)(H,56,71)(H,57,72)(H,58,65)(H,59,68)(H,60,70)(H,73,74)/t27-,28+,29+,33-,34-,35-,36-,37-,39-,40-,41-/m0/s1. The normalized spacial score (nSPS) is 15.6. The SMILES string of the molecule is CSCC[C@H](NC(=O)[C@@H](N)Cc1ccc(O)cc1)C(=O)N[C@H](C(=O)N[C@@H](CC(C)C)C(=O)N[C@@H](CCC(N)=O)C(=O)N[C@@H](C)C(=O)N[C@H](C(=O)N[C@H](C(=O)N[C@@H](Cc1ccccc1)C(=O)O)[C@@H](C)O)C(C)C)[C@@H](C)O. The van der Waals surface area contributed by atoms with E-state index in [0.717, 1.165) is 0 Å². The number of carboxylic acids is 1. The van der Waals surface area contributed by atoms with E-state index in [1.807, 2.05) is 0 Å². The first-order valence-corrected chi connectivity index (χ1v) is 25.9. The van der Waals surface area contributed by atoms with Gasteiger partial charge in [0.15, 0.2) is 0 Å². The van der Waals surface area contributed by atoms with Crippen LogP contribution in [0.25, 0.3) is 0 Å². The van der Waals surface area contributed by atoms with E-state index in [1.165, 1.54) is 44.7 Å². The number of phenols is 1. The molecular formula is C50H76N10O14S. The Labute approximate surface area is 440 Å². The van der Waals surface area contributed by atoms with Crippen LogP contribution in [0.5, 0.6) is 5.75 Å². The highest BCUT2D eigenvalue weighted by Crippen LogP contribution is 2.13. The van der Waals surface area contributed by atoms with Crippen LogP contribution in [-0.2, 0) is 60.8 Å². The molecule has 75 heavy (non-hydrogen) atoms. The minimum atomic E-state index is -1.66. The summed E-state index contributed by atoms with van der Waals surface area (Å²) in [6.07, 6.45) is -2.01. The molecule has 9 amide bonds. The second-order valence-corrected chi connectivity index (χ2v) is 20.1. The van der Waals surface area contributed by atoms with Crippen molar-refractivity contribution in [3.63, 3.8) is 0 Å². The largest absolute Gasteiger partial charge is 0.508 e. The lowest BCUT2D eigenvalue weighted by Gasteiger charge is -2.29. The van der Waals surface area contributed by atoms with E-state index in [-0.39, 0.29) is 43.8 Å². The molecule has 0 aliphatic carbocycles. The van der Waals surface area contributed by atoms with Crippen LogP contribution < -0.4 is 54.0 Å². The van der Waals surface area contributed by atoms with Gasteiger partial charge in [-0.25, -0.2) is 4.79 Å². The molecule has 0 unspecified atom stereocenters. The number of hydrogen-bond acceptors (Lipinski definition) is 15. The highest BCUT2D eigenvalue weighted by atomic mass is 32.2. The second kappa shape index (κ2) is 31.8. The lowest BCUT2D eigenvalue weighted by atomic mass is 10.0. The third-order valence-corrected chi connectivity index (χ3v) is 12.3. The maximum absolute atomic E-state index is 14.0. The van der Waals surface area contributed by atoms with E-state index in [0.29, 0.717) is 16.9 Å². The molecule has 0 aliphatic rings. The van der Waals surface area contributed by atoms with Crippen LogP contribution in [0.4, 0.5) is 0 Å². The van der Waals surface area contributed by atoms with Gasteiger partial charge in [-0.3, -0.25) is 43.2 Å². The molecule has 416 valence electrons. The molecule has 2 rings (SSSR count). The van der Waals surface area contributed by atoms with Gasteiger partial charge in [-0.2, -0.15) is 11.8 Å². The summed E-state index contributed by atoms with van der Waals surface area (Å²) in [5.74, 6) is -9.96. The summed E-state index contributed by atoms with van der Waals surface area (Å²) >= 11 is 1.38. The lowest BCUT2D eigenvalue weighted by molar-refractivity contribution is -0.143. The number of aromatic hydroxyl groups is 1. The Bertz CT molecular complexity index is 2250. The first-order valence-electron chi connectivity index (χ1n) is 24.5. The molecule has 0 saturated heterocycles. The number of nitrogens with two attached hydrogens (primary N) is 2. The van der Waals surface area contributed by atoms with Crippen LogP contribution in [-0.4, -0.2) is 158 Å². The number of phenolic OH excluding ortho intramolecular Hbond substituents is 1. The average Bonchev–Trinajstić information content (AvgIpc) is 3.33. The minimum absolute atomic E-state index is 0.0242. The highest BCUT2D eigenvalue weighted by molar-refractivity contribution is 7.98. The van der Waals surface area contributed by atoms with Crippen LogP contribution in [0.2, 0.25) is 0 Å². The smallest absolute Gasteiger partial charge is 0.326 e. The lowest BCUT2D eigenvalue weighted by Crippen LogP contribution is -2.62. The van der Waals surface area contributed by atoms with E-state index >= 15 is 0 Å². The molecule has 0 heterocycles. The van der Waals surface area contributed by atoms with Crippen molar-refractivity contribution >= 4 is 70.9 Å². The van der Waals surface area contributed by atoms with Crippen molar-refractivity contribution < 1.29 is 68.4 Å². The Morgan fingerprint density at radius 2 is 0.987 bits per heavy atom. The van der Waals surface area contributed by atoms with E-state index in [4.69, 9.17) is 11.5 Å². The van der Waals surface area contributed by atoms with Crippen LogP contribution in [0, 0.1) is 11.8 Å². The number of benzene rings is 2. The predicted octanol–water partition coefficient (Wildman–Crippen LogP) is -2.03. The fourth-order valence-electron chi connectivity index (χ4n) is 7.37. The van der Waals surface area contributed by atoms with Gasteiger partial charge in [-0.1, -0.05) is 70.2 Å². The van der Waals surface area contributed by atoms with Crippen molar-refractivity contribution in [3.8, 4) is 5.75 Å². The van der Waals surface area contributed by atoms with Gasteiger partial charge in [0.25, 0.3) is 0 Å². The first-order chi connectivity index (χ1) is 35.1. The summed E-state index contributed by atoms with van der Waals surface area (Å²) in [7, 11) is 0. The zero-order valence-corrected chi connectivity index (χ0v) is 44.4. The van der Waals surface area contributed by atoms with Crippen molar-refractivity contribution in [2.75, 3.05) is 12.0 Å². The van der Waals surface area contributed by atoms with Crippen molar-refractivity contribution in [2.24, 2.45) is 23.3 Å². The van der Waals surface area contributed by atoms with E-state index in [2.05, 4.69) is 42.5 Å². The Morgan fingerprint density at radius 3 is 1.49 bits per heavy atom. The topological polar surface area (TPSA) is 400 Å². The molecular weight excluding hydrogens is 997 g/mol. The highest BCUT2D eigenvalue weighted by Gasteiger charge is 2.37. The molecule has 11 atom stereocenters. The number of carboxylic acid groups (broad SMARTS) is 1. The Morgan fingerprint density at radius 1 is 0.533 bits per heavy atom. The Hall–Kier alpha value is -6.83. The number of primary amides is 1. The summed E-state index contributed by atoms with van der Waals surface area (Å²) in [4.78, 5) is 133. The van der Waals surface area contributed by atoms with Crippen LogP contribution in [0.1, 0.15) is 85.3 Å². The second-order valence-electron chi connectivity index (χ2n) is 19.1. The number of rotatable bonds is 32. The third kappa shape index (κ3) is 22.7. The number of carbonyl (C=O) groups is 10. The Balaban J connectivity index is 2.23. The molecule has 2 aromatic rings. The van der Waals surface area contributed by atoms with Crippen LogP contribution in [0.3, 0.4) is 0 Å². The van der Waals surface area contributed by atoms with E-state index in [1.54, 1.807) is 76.4 Å². The number of thioether (sulfide) groups is 1. The molecule has 16 N–H and O–H groups in total. The molecule has 0 spiro atoms. The minimum Gasteiger partial charge on any atom is -0.508 e. The first kappa shape index (κ1) is 64.3. The summed E-state index contributed by atoms with van der Waals surface area (Å²) in [6, 6.07) is 1.74. The predicted molar refractivity (Wildman–Crippen MR) is 278 cm³/mol. The Kier molecular flexibility index (Phi) is 27.3. The van der Waals surface area contributed by atoms with Gasteiger partial charge in [0.05, 0.1) is 18.2 Å². The molecule has 25 heteroatoms. The number of aliphatic hydroxyl groups excluding tert-OH is 2. The van der Waals surface area contributed by atoms with Crippen molar-refractivity contribution in [1.82, 2.24) is 42.5 Å². The van der Waals surface area contributed by atoms with Gasteiger partial charge in [-0.05, 0) is 93.6 Å². The van der Waals surface area contributed by atoms with Gasteiger partial charge in [0.2, 0.25) is 53.2 Å². The number of hydrogen-bond donors (Lipinski definition) is 14. The quantitative estimate of drug-likeness (QED) is 0.0376. The van der Waals surface area contributed by atoms with Gasteiger partial charge in [-0.15, -0.1) is 0 Å². The van der Waals surface area contributed by atoms with Crippen LogP contribution >= 0.6 is 11.8 Å². The van der Waals surface area contributed by atoms with Gasteiger partial charge in [0, 0.05) is 12.8 Å². The molecule has 0 bridgehead atoms. The number of carbonyl (C=O) groups excluding carboxylic acids is 9. The number of aliphatic hydroxyl groups is 2. The number of nitrogens with one attached hydrogen (secondary N) is 8. The fourth-order valence-corrected chi connectivity index (χ4v) is 7.84. The summed E-state index contributed by atoms with van der Waals surface area (Å²) < 4.78 is 0. The zero-order valence-electron chi connectivity index (χ0n) is 43.6. The summed E-state index contributed by atoms with van der Waals surface area (Å²) in [6.45, 7) is 10.3. The molecule has 0 saturated carbocycles. The van der Waals surface area contributed by atoms with Gasteiger partial charge < -0.3 is 74.4 Å². The van der Waals surface area contributed by atoms with Gasteiger partial charge in [0.1, 0.15) is 54.1 Å². The summed E-state index contributed by atoms with van der Waals surface area (Å²) in [5, 5.41) is 60.3. The molecule has 0 aromatic heterocycles. The fraction of sp³-hybridized carbons (Fsp3) is 0.560. The maximum Gasteiger partial charge on any atom is 0.326 e. The average molecular weight is 1070 g/mol. The number of aliphatic carboxylic acids is 1. The van der Waals surface area contributed by atoms with Crippen molar-refractivity contribution in [1.29, 1.82) is 0 Å². The van der Waals surface area contributed by atoms with Gasteiger partial charge >= 0.3 is 5.97 Å². The van der Waals surface area contributed by atoms with E-state index in [9.17, 15) is 68.4 Å². The molecule has 2 aromatic carbocycles. The zero-order chi connectivity index (χ0) is 56.7. The molecule has 0 radical (unpaired) electrons. The molecule has 0 fully saturated rings. The maximum atomic E-state index is 14.0. The third-order valence-electron chi connectivity index (χ3n) is 11.6. The van der Waals surface area contributed by atoms with Crippen molar-refractivity contribution in [2.45, 2.75) is 154 Å².